The van der Waals surface area contributed by atoms with Crippen molar-refractivity contribution < 1.29 is 0 Å². The minimum absolute atomic E-state index is 0.426. The molecule has 0 saturated carbocycles. The molecule has 0 aliphatic heterocycles. The van der Waals surface area contributed by atoms with E-state index in [1.165, 1.54) is 0 Å². The second-order valence-electron chi connectivity index (χ2n) is 7.39. The van der Waals surface area contributed by atoms with Gasteiger partial charge in [0.2, 0.25) is 17.8 Å². The van der Waals surface area contributed by atoms with E-state index in [2.05, 4.69) is 41.2 Å². The maximum Gasteiger partial charge on any atom is 0.233 e. The first-order valence-electron chi connectivity index (χ1n) is 10.6. The summed E-state index contributed by atoms with van der Waals surface area (Å²) in [6.07, 6.45) is 1.76. The van der Waals surface area contributed by atoms with Crippen molar-refractivity contribution in [2.45, 2.75) is 0 Å². The Morgan fingerprint density at radius 3 is 1.94 bits per heavy atom. The van der Waals surface area contributed by atoms with Gasteiger partial charge < -0.3 is 21.3 Å². The summed E-state index contributed by atoms with van der Waals surface area (Å²) in [6.45, 7) is 0. The highest BCUT2D eigenvalue weighted by molar-refractivity contribution is 6.31. The Morgan fingerprint density at radius 1 is 0.647 bits per heavy atom. The lowest BCUT2D eigenvalue weighted by atomic mass is 10.2. The van der Waals surface area contributed by atoms with Gasteiger partial charge in [-0.25, -0.2) is 0 Å². The van der Waals surface area contributed by atoms with Crippen molar-refractivity contribution in [2.75, 3.05) is 28.3 Å². The van der Waals surface area contributed by atoms with Crippen molar-refractivity contribution in [1.82, 2.24) is 19.9 Å². The van der Waals surface area contributed by atoms with Crippen LogP contribution in [0.1, 0.15) is 0 Å². The molecule has 0 bridgehead atoms. The molecular weight excluding hydrogens is 448 g/mol. The summed E-state index contributed by atoms with van der Waals surface area (Å²) in [6, 6.07) is 25.2. The largest absolute Gasteiger partial charge is 0.357 e. The Balaban J connectivity index is 1.33. The van der Waals surface area contributed by atoms with Gasteiger partial charge in [-0.05, 0) is 60.7 Å². The molecule has 168 valence electrons. The van der Waals surface area contributed by atoms with Crippen LogP contribution in [0.5, 0.6) is 0 Å². The molecule has 2 heterocycles. The number of fused-ring (bicyclic) bond motifs is 1. The van der Waals surface area contributed by atoms with E-state index < -0.39 is 0 Å². The highest BCUT2D eigenvalue weighted by Crippen LogP contribution is 2.28. The SMILES string of the molecule is CNc1nc(Nc2ccccc2)nc(Nc2ccc(Nc3ccnc4cc(Cl)ccc34)cc2)n1. The second kappa shape index (κ2) is 9.60. The van der Waals surface area contributed by atoms with Gasteiger partial charge in [0.25, 0.3) is 0 Å². The van der Waals surface area contributed by atoms with E-state index in [1.54, 1.807) is 13.2 Å². The van der Waals surface area contributed by atoms with Crippen molar-refractivity contribution in [3.63, 3.8) is 0 Å². The van der Waals surface area contributed by atoms with E-state index in [0.29, 0.717) is 22.9 Å². The average molecular weight is 469 g/mol. The number of nitrogens with zero attached hydrogens (tertiary/aromatic N) is 4. The number of para-hydroxylation sites is 1. The summed E-state index contributed by atoms with van der Waals surface area (Å²) in [7, 11) is 1.77. The molecule has 0 radical (unpaired) electrons. The van der Waals surface area contributed by atoms with Gasteiger partial charge in [0.15, 0.2) is 0 Å². The quantitative estimate of drug-likeness (QED) is 0.219. The molecule has 0 aliphatic carbocycles. The third kappa shape index (κ3) is 4.97. The van der Waals surface area contributed by atoms with Crippen molar-refractivity contribution in [2.24, 2.45) is 0 Å². The lowest BCUT2D eigenvalue weighted by molar-refractivity contribution is 1.06. The molecule has 9 heteroatoms. The molecule has 0 saturated heterocycles. The molecule has 8 nitrogen and oxygen atoms in total. The van der Waals surface area contributed by atoms with Crippen LogP contribution in [0.3, 0.4) is 0 Å². The standard InChI is InChI=1S/C25H21ClN8/c1-27-23-32-24(30-17-5-3-2-4-6-17)34-25(33-23)31-19-10-8-18(9-11-19)29-21-13-14-28-22-15-16(26)7-12-20(21)22/h2-15H,1H3,(H,28,29)(H3,27,30,31,32,33,34). The molecule has 0 fully saturated rings. The van der Waals surface area contributed by atoms with Crippen molar-refractivity contribution in [1.29, 1.82) is 0 Å². The monoisotopic (exact) mass is 468 g/mol. The fourth-order valence-electron chi connectivity index (χ4n) is 3.40. The van der Waals surface area contributed by atoms with Gasteiger partial charge in [-0.15, -0.1) is 0 Å². The van der Waals surface area contributed by atoms with E-state index in [-0.39, 0.29) is 0 Å². The van der Waals surface area contributed by atoms with E-state index in [9.17, 15) is 0 Å². The second-order valence-corrected chi connectivity index (χ2v) is 7.83. The molecule has 2 aromatic heterocycles. The molecule has 5 rings (SSSR count). The zero-order valence-electron chi connectivity index (χ0n) is 18.2. The smallest absolute Gasteiger partial charge is 0.233 e. The molecule has 0 aliphatic rings. The highest BCUT2D eigenvalue weighted by Gasteiger charge is 2.08. The van der Waals surface area contributed by atoms with Crippen LogP contribution in [0.15, 0.2) is 85.1 Å². The molecule has 0 spiro atoms. The maximum absolute atomic E-state index is 6.09. The predicted molar refractivity (Wildman–Crippen MR) is 139 cm³/mol. The molecule has 0 unspecified atom stereocenters. The van der Waals surface area contributed by atoms with Crippen LogP contribution in [-0.4, -0.2) is 27.0 Å². The predicted octanol–water partition coefficient (Wildman–Crippen LogP) is 6.35. The first kappa shape index (κ1) is 21.4. The van der Waals surface area contributed by atoms with E-state index >= 15 is 0 Å². The maximum atomic E-state index is 6.09. The van der Waals surface area contributed by atoms with E-state index in [1.807, 2.05) is 78.9 Å². The van der Waals surface area contributed by atoms with E-state index in [4.69, 9.17) is 11.6 Å². The number of halogens is 1. The van der Waals surface area contributed by atoms with Crippen LogP contribution in [-0.2, 0) is 0 Å². The zero-order valence-corrected chi connectivity index (χ0v) is 19.0. The summed E-state index contributed by atoms with van der Waals surface area (Å²) >= 11 is 6.09. The Morgan fingerprint density at radius 2 is 1.26 bits per heavy atom. The average Bonchev–Trinajstić information content (AvgIpc) is 2.85. The lowest BCUT2D eigenvalue weighted by Crippen LogP contribution is -2.07. The van der Waals surface area contributed by atoms with Gasteiger partial charge in [0.05, 0.1) is 5.52 Å². The highest BCUT2D eigenvalue weighted by atomic mass is 35.5. The van der Waals surface area contributed by atoms with Crippen LogP contribution < -0.4 is 21.3 Å². The molecule has 34 heavy (non-hydrogen) atoms. The van der Waals surface area contributed by atoms with Gasteiger partial charge in [-0.1, -0.05) is 29.8 Å². The number of nitrogens with one attached hydrogen (secondary N) is 4. The van der Waals surface area contributed by atoms with Gasteiger partial charge in [0, 0.05) is 46.4 Å². The minimum Gasteiger partial charge on any atom is -0.357 e. The molecular formula is C25H21ClN8. The summed E-state index contributed by atoms with van der Waals surface area (Å²) in [5, 5.41) is 14.5. The van der Waals surface area contributed by atoms with Crippen LogP contribution in [0.2, 0.25) is 5.02 Å². The lowest BCUT2D eigenvalue weighted by Gasteiger charge is -2.12. The van der Waals surface area contributed by atoms with Crippen LogP contribution in [0, 0.1) is 0 Å². The Labute approximate surface area is 201 Å². The summed E-state index contributed by atoms with van der Waals surface area (Å²) in [5.41, 5.74) is 4.46. The van der Waals surface area contributed by atoms with Crippen LogP contribution >= 0.6 is 11.6 Å². The fourth-order valence-corrected chi connectivity index (χ4v) is 3.57. The van der Waals surface area contributed by atoms with Crippen molar-refractivity contribution >= 4 is 63.1 Å². The van der Waals surface area contributed by atoms with Crippen molar-refractivity contribution in [3.05, 3.63) is 90.1 Å². The Bertz CT molecular complexity index is 1420. The summed E-state index contributed by atoms with van der Waals surface area (Å²) < 4.78 is 0. The Kier molecular flexibility index (Phi) is 6.05. The van der Waals surface area contributed by atoms with Crippen LogP contribution in [0.25, 0.3) is 10.9 Å². The first-order chi connectivity index (χ1) is 16.7. The third-order valence-corrected chi connectivity index (χ3v) is 5.25. The molecule has 0 amide bonds. The number of pyridine rings is 1. The molecule has 4 N–H and O–H groups in total. The fraction of sp³-hybridized carbons (Fsp3) is 0.0400. The molecule has 5 aromatic rings. The van der Waals surface area contributed by atoms with Gasteiger partial charge in [0.1, 0.15) is 0 Å². The topological polar surface area (TPSA) is 99.7 Å². The van der Waals surface area contributed by atoms with Crippen LogP contribution in [0.4, 0.5) is 40.6 Å². The first-order valence-corrected chi connectivity index (χ1v) is 11.0. The third-order valence-electron chi connectivity index (χ3n) is 5.01. The summed E-state index contributed by atoms with van der Waals surface area (Å²) in [5.74, 6) is 1.32. The molecule has 0 atom stereocenters. The number of hydrogen-bond acceptors (Lipinski definition) is 8. The normalized spacial score (nSPS) is 10.6. The number of anilines is 7. The number of rotatable bonds is 7. The number of benzene rings is 3. The summed E-state index contributed by atoms with van der Waals surface area (Å²) in [4.78, 5) is 17.6. The van der Waals surface area contributed by atoms with Gasteiger partial charge in [-0.2, -0.15) is 15.0 Å². The zero-order chi connectivity index (χ0) is 23.3. The number of aromatic nitrogens is 4. The number of hydrogen-bond donors (Lipinski definition) is 4. The van der Waals surface area contributed by atoms with E-state index in [0.717, 1.165) is 33.7 Å². The van der Waals surface area contributed by atoms with Gasteiger partial charge >= 0.3 is 0 Å². The minimum atomic E-state index is 0.426. The Hall–Kier alpha value is -4.43. The molecule has 3 aromatic carbocycles. The van der Waals surface area contributed by atoms with Gasteiger partial charge in [-0.3, -0.25) is 4.98 Å². The van der Waals surface area contributed by atoms with Crippen molar-refractivity contribution in [3.8, 4) is 0 Å².